The molecule has 0 fully saturated rings. The summed E-state index contributed by atoms with van der Waals surface area (Å²) in [6.45, 7) is 4.05. The average molecular weight is 601 g/mol. The van der Waals surface area contributed by atoms with Crippen molar-refractivity contribution in [2.75, 3.05) is 26.9 Å². The number of thiophene rings is 1. The van der Waals surface area contributed by atoms with Crippen molar-refractivity contribution in [3.63, 3.8) is 0 Å². The molecule has 0 aliphatic carbocycles. The standard InChI is InChI=1S/C32H30F2N6O2S/c1-4-23-26-16-24(38-40(26)9-8-35-23)31-29(28-22(34)14-20(33)15-27(28)42-11-10-41-3)32-21(7-12-43-32)30(37-31)18-5-6-25-19(13-18)17-36-39(25)2/h5-7,12-17,23,35H,4,8-11H2,1-3H3/t23-/m1/s1. The molecule has 5 heterocycles. The average Bonchev–Trinajstić information content (AvgIpc) is 3.75. The van der Waals surface area contributed by atoms with Gasteiger partial charge in [-0.05, 0) is 36.1 Å². The minimum atomic E-state index is -0.730. The molecule has 0 saturated carbocycles. The molecule has 0 unspecified atom stereocenters. The lowest BCUT2D eigenvalue weighted by atomic mass is 9.96. The number of hydrogen-bond acceptors (Lipinski definition) is 7. The maximum absolute atomic E-state index is 16.0. The Morgan fingerprint density at radius 2 is 1.95 bits per heavy atom. The third kappa shape index (κ3) is 4.77. The molecule has 220 valence electrons. The second-order valence-electron chi connectivity index (χ2n) is 10.6. The minimum Gasteiger partial charge on any atom is -0.490 e. The third-order valence-electron chi connectivity index (χ3n) is 7.97. The van der Waals surface area contributed by atoms with E-state index in [1.54, 1.807) is 7.11 Å². The van der Waals surface area contributed by atoms with Crippen molar-refractivity contribution in [3.05, 3.63) is 71.4 Å². The molecule has 11 heteroatoms. The molecule has 43 heavy (non-hydrogen) atoms. The van der Waals surface area contributed by atoms with Crippen LogP contribution in [0.4, 0.5) is 8.78 Å². The van der Waals surface area contributed by atoms with Gasteiger partial charge in [-0.1, -0.05) is 13.0 Å². The highest BCUT2D eigenvalue weighted by Gasteiger charge is 2.28. The summed E-state index contributed by atoms with van der Waals surface area (Å²) in [6.07, 6.45) is 2.73. The highest BCUT2D eigenvalue weighted by molar-refractivity contribution is 7.18. The molecule has 0 saturated heterocycles. The number of fused-ring (bicyclic) bond motifs is 3. The zero-order valence-corrected chi connectivity index (χ0v) is 24.8. The van der Waals surface area contributed by atoms with Crippen molar-refractivity contribution < 1.29 is 18.3 Å². The fourth-order valence-corrected chi connectivity index (χ4v) is 6.87. The summed E-state index contributed by atoms with van der Waals surface area (Å²) in [5, 5.41) is 16.7. The lowest BCUT2D eigenvalue weighted by Gasteiger charge is -2.23. The smallest absolute Gasteiger partial charge is 0.137 e. The van der Waals surface area contributed by atoms with Gasteiger partial charge in [0.15, 0.2) is 0 Å². The molecule has 1 atom stereocenters. The van der Waals surface area contributed by atoms with Crippen molar-refractivity contribution in [2.45, 2.75) is 25.9 Å². The fourth-order valence-electron chi connectivity index (χ4n) is 5.92. The Labute approximate surface area is 250 Å². The second-order valence-corrected chi connectivity index (χ2v) is 11.5. The first-order valence-electron chi connectivity index (χ1n) is 14.2. The van der Waals surface area contributed by atoms with E-state index >= 15 is 4.39 Å². The van der Waals surface area contributed by atoms with Gasteiger partial charge in [-0.2, -0.15) is 10.2 Å². The Morgan fingerprint density at radius 3 is 2.79 bits per heavy atom. The summed E-state index contributed by atoms with van der Waals surface area (Å²) in [6, 6.07) is 12.4. The first-order chi connectivity index (χ1) is 21.0. The molecular formula is C32H30F2N6O2S. The van der Waals surface area contributed by atoms with E-state index < -0.39 is 11.6 Å². The molecule has 6 aromatic rings. The van der Waals surface area contributed by atoms with Crippen molar-refractivity contribution in [1.29, 1.82) is 0 Å². The Bertz CT molecular complexity index is 1980. The molecule has 0 radical (unpaired) electrons. The Balaban J connectivity index is 1.52. The minimum absolute atomic E-state index is 0.0916. The largest absolute Gasteiger partial charge is 0.490 e. The van der Waals surface area contributed by atoms with Crippen LogP contribution >= 0.6 is 11.3 Å². The molecule has 0 bridgehead atoms. The zero-order chi connectivity index (χ0) is 29.7. The number of hydrogen-bond donors (Lipinski definition) is 1. The monoisotopic (exact) mass is 600 g/mol. The van der Waals surface area contributed by atoms with E-state index in [0.717, 1.165) is 57.0 Å². The van der Waals surface area contributed by atoms with Crippen molar-refractivity contribution >= 4 is 32.3 Å². The van der Waals surface area contributed by atoms with Gasteiger partial charge in [-0.3, -0.25) is 9.36 Å². The lowest BCUT2D eigenvalue weighted by molar-refractivity contribution is 0.146. The van der Waals surface area contributed by atoms with Crippen LogP contribution in [-0.4, -0.2) is 51.4 Å². The molecule has 2 aromatic carbocycles. The predicted molar refractivity (Wildman–Crippen MR) is 164 cm³/mol. The van der Waals surface area contributed by atoms with Gasteiger partial charge in [0, 0.05) is 65.5 Å². The van der Waals surface area contributed by atoms with Gasteiger partial charge in [0.25, 0.3) is 0 Å². The number of nitrogens with one attached hydrogen (secondary N) is 1. The molecule has 1 aliphatic heterocycles. The summed E-state index contributed by atoms with van der Waals surface area (Å²) < 4.78 is 46.2. The first kappa shape index (κ1) is 27.6. The van der Waals surface area contributed by atoms with E-state index in [4.69, 9.17) is 19.6 Å². The van der Waals surface area contributed by atoms with Crippen LogP contribution in [0.15, 0.2) is 54.0 Å². The normalized spacial score (nSPS) is 15.0. The van der Waals surface area contributed by atoms with Crippen LogP contribution in [0.1, 0.15) is 25.1 Å². The maximum Gasteiger partial charge on any atom is 0.137 e. The van der Waals surface area contributed by atoms with Gasteiger partial charge in [0.1, 0.15) is 35.4 Å². The summed E-state index contributed by atoms with van der Waals surface area (Å²) >= 11 is 1.48. The van der Waals surface area contributed by atoms with E-state index in [0.29, 0.717) is 23.5 Å². The maximum atomic E-state index is 16.0. The van der Waals surface area contributed by atoms with Crippen molar-refractivity contribution in [3.8, 4) is 39.5 Å². The van der Waals surface area contributed by atoms with E-state index in [1.165, 1.54) is 17.4 Å². The van der Waals surface area contributed by atoms with Gasteiger partial charge in [-0.25, -0.2) is 13.8 Å². The van der Waals surface area contributed by atoms with E-state index in [9.17, 15) is 4.39 Å². The topological polar surface area (TPSA) is 79.0 Å². The number of benzene rings is 2. The summed E-state index contributed by atoms with van der Waals surface area (Å²) in [4.78, 5) is 5.24. The molecule has 0 spiro atoms. The van der Waals surface area contributed by atoms with Crippen LogP contribution < -0.4 is 10.1 Å². The summed E-state index contributed by atoms with van der Waals surface area (Å²) in [5.74, 6) is -1.36. The highest BCUT2D eigenvalue weighted by Crippen LogP contribution is 2.47. The Morgan fingerprint density at radius 1 is 1.07 bits per heavy atom. The third-order valence-corrected chi connectivity index (χ3v) is 8.91. The highest BCUT2D eigenvalue weighted by atomic mass is 32.1. The number of methoxy groups -OCH3 is 1. The molecule has 1 aliphatic rings. The van der Waals surface area contributed by atoms with Crippen LogP contribution in [0.2, 0.25) is 0 Å². The fraction of sp³-hybridized carbons (Fsp3) is 0.281. The number of nitrogens with zero attached hydrogens (tertiary/aromatic N) is 5. The number of rotatable bonds is 8. The van der Waals surface area contributed by atoms with Crippen LogP contribution in [0.5, 0.6) is 5.75 Å². The quantitative estimate of drug-likeness (QED) is 0.195. The van der Waals surface area contributed by atoms with Gasteiger partial charge < -0.3 is 14.8 Å². The lowest BCUT2D eigenvalue weighted by Crippen LogP contribution is -2.33. The molecule has 0 amide bonds. The molecule has 8 nitrogen and oxygen atoms in total. The van der Waals surface area contributed by atoms with Gasteiger partial charge >= 0.3 is 0 Å². The van der Waals surface area contributed by atoms with Gasteiger partial charge in [0.05, 0.1) is 41.8 Å². The Hall–Kier alpha value is -4.19. The van der Waals surface area contributed by atoms with Crippen LogP contribution in [-0.2, 0) is 18.3 Å². The first-order valence-corrected chi connectivity index (χ1v) is 15.1. The van der Waals surface area contributed by atoms with Crippen molar-refractivity contribution in [1.82, 2.24) is 29.9 Å². The molecule has 4 aromatic heterocycles. The number of ether oxygens (including phenoxy) is 2. The van der Waals surface area contributed by atoms with Gasteiger partial charge in [-0.15, -0.1) is 11.3 Å². The molecular weight excluding hydrogens is 570 g/mol. The Kier molecular flexibility index (Phi) is 7.16. The summed E-state index contributed by atoms with van der Waals surface area (Å²) in [5.41, 5.74) is 5.53. The van der Waals surface area contributed by atoms with E-state index in [1.807, 2.05) is 52.3 Å². The number of pyridine rings is 1. The van der Waals surface area contributed by atoms with E-state index in [2.05, 4.69) is 23.4 Å². The summed E-state index contributed by atoms with van der Waals surface area (Å²) in [7, 11) is 3.46. The molecule has 7 rings (SSSR count). The van der Waals surface area contributed by atoms with Crippen LogP contribution in [0.25, 0.3) is 54.8 Å². The number of aryl methyl sites for hydroxylation is 1. The SMILES string of the molecule is CC[C@H]1NCCn2nc(-c3nc(-c4ccc5c(cnn5C)c4)c4ccsc4c3-c3c(F)cc(F)cc3OCCOC)cc21. The molecule has 1 N–H and O–H groups in total. The number of halogens is 2. The predicted octanol–water partition coefficient (Wildman–Crippen LogP) is 6.74. The second kappa shape index (κ2) is 11.1. The number of aromatic nitrogens is 5. The zero-order valence-electron chi connectivity index (χ0n) is 24.0. The van der Waals surface area contributed by atoms with E-state index in [-0.39, 0.29) is 30.6 Å². The van der Waals surface area contributed by atoms with Gasteiger partial charge in [0.2, 0.25) is 0 Å². The van der Waals surface area contributed by atoms with Crippen LogP contribution in [0.3, 0.4) is 0 Å². The van der Waals surface area contributed by atoms with Crippen LogP contribution in [0, 0.1) is 11.6 Å². The van der Waals surface area contributed by atoms with Crippen molar-refractivity contribution in [2.24, 2.45) is 7.05 Å².